The number of benzene rings is 1. The molecule has 0 heterocycles. The van der Waals surface area contributed by atoms with Crippen LogP contribution >= 0.6 is 0 Å². The third kappa shape index (κ3) is 2.62. The lowest BCUT2D eigenvalue weighted by atomic mass is 10.0. The highest BCUT2D eigenvalue weighted by molar-refractivity contribution is 5.83. The van der Waals surface area contributed by atoms with Crippen molar-refractivity contribution in [1.82, 2.24) is 0 Å². The molecule has 98 valence electrons. The normalized spacial score (nSPS) is 29.5. The maximum atomic E-state index is 11.6. The van der Waals surface area contributed by atoms with Crippen LogP contribution in [0, 0.1) is 0 Å². The maximum Gasteiger partial charge on any atom is 0.138 e. The first-order valence-electron chi connectivity index (χ1n) is 6.32. The standard InChI is InChI=1S/C15H20O3/c1-11(12-7-5-4-6-8-12)18-14-9-13(16)10-15(14,2)17-3/h4-8,11,14H,9-10H2,1-3H3/t11?,14-,15-/m0/s1. The zero-order valence-electron chi connectivity index (χ0n) is 11.2. The Morgan fingerprint density at radius 1 is 1.33 bits per heavy atom. The van der Waals surface area contributed by atoms with Gasteiger partial charge < -0.3 is 9.47 Å². The molecule has 1 unspecified atom stereocenters. The van der Waals surface area contributed by atoms with E-state index in [4.69, 9.17) is 9.47 Å². The maximum absolute atomic E-state index is 11.6. The van der Waals surface area contributed by atoms with Gasteiger partial charge in [0.2, 0.25) is 0 Å². The van der Waals surface area contributed by atoms with Gasteiger partial charge in [0.05, 0.1) is 17.8 Å². The molecule has 0 radical (unpaired) electrons. The van der Waals surface area contributed by atoms with Gasteiger partial charge in [0, 0.05) is 20.0 Å². The third-order valence-corrected chi connectivity index (χ3v) is 3.75. The summed E-state index contributed by atoms with van der Waals surface area (Å²) in [5.74, 6) is 0.213. The zero-order chi connectivity index (χ0) is 13.2. The fraction of sp³-hybridized carbons (Fsp3) is 0.533. The van der Waals surface area contributed by atoms with E-state index in [1.807, 2.05) is 44.2 Å². The van der Waals surface area contributed by atoms with E-state index >= 15 is 0 Å². The quantitative estimate of drug-likeness (QED) is 0.822. The zero-order valence-corrected chi connectivity index (χ0v) is 11.2. The summed E-state index contributed by atoms with van der Waals surface area (Å²) in [7, 11) is 1.64. The van der Waals surface area contributed by atoms with E-state index in [1.54, 1.807) is 7.11 Å². The molecule has 0 aromatic heterocycles. The molecule has 3 atom stereocenters. The van der Waals surface area contributed by atoms with Crippen LogP contribution in [0.25, 0.3) is 0 Å². The summed E-state index contributed by atoms with van der Waals surface area (Å²) < 4.78 is 11.5. The number of ether oxygens (including phenoxy) is 2. The fourth-order valence-electron chi connectivity index (χ4n) is 2.44. The van der Waals surface area contributed by atoms with E-state index in [2.05, 4.69) is 0 Å². The highest BCUT2D eigenvalue weighted by atomic mass is 16.6. The Bertz CT molecular complexity index is 415. The van der Waals surface area contributed by atoms with Crippen LogP contribution in [0.2, 0.25) is 0 Å². The Morgan fingerprint density at radius 2 is 2.00 bits per heavy atom. The largest absolute Gasteiger partial charge is 0.375 e. The topological polar surface area (TPSA) is 35.5 Å². The van der Waals surface area contributed by atoms with Gasteiger partial charge in [-0.3, -0.25) is 4.79 Å². The van der Waals surface area contributed by atoms with Crippen molar-refractivity contribution in [2.45, 2.75) is 44.5 Å². The second-order valence-corrected chi connectivity index (χ2v) is 5.11. The van der Waals surface area contributed by atoms with E-state index in [0.29, 0.717) is 12.8 Å². The first-order chi connectivity index (χ1) is 8.55. The highest BCUT2D eigenvalue weighted by Gasteiger charge is 2.45. The van der Waals surface area contributed by atoms with Gasteiger partial charge in [-0.2, -0.15) is 0 Å². The van der Waals surface area contributed by atoms with Crippen molar-refractivity contribution in [3.05, 3.63) is 35.9 Å². The molecule has 0 N–H and O–H groups in total. The van der Waals surface area contributed by atoms with E-state index in [1.165, 1.54) is 0 Å². The van der Waals surface area contributed by atoms with Gasteiger partial charge in [-0.15, -0.1) is 0 Å². The SMILES string of the molecule is CO[C@@]1(C)CC(=O)C[C@@H]1OC(C)c1ccccc1. The number of rotatable bonds is 4. The molecule has 2 rings (SSSR count). The van der Waals surface area contributed by atoms with Gasteiger partial charge >= 0.3 is 0 Å². The molecule has 1 saturated carbocycles. The molecule has 0 aliphatic heterocycles. The number of carbonyl (C=O) groups excluding carboxylic acids is 1. The predicted octanol–water partition coefficient (Wildman–Crippen LogP) is 2.90. The van der Waals surface area contributed by atoms with Crippen molar-refractivity contribution in [1.29, 1.82) is 0 Å². The molecular weight excluding hydrogens is 228 g/mol. The van der Waals surface area contributed by atoms with Crippen LogP contribution in [0.5, 0.6) is 0 Å². The Morgan fingerprint density at radius 3 is 2.61 bits per heavy atom. The molecule has 1 fully saturated rings. The van der Waals surface area contributed by atoms with Crippen LogP contribution in [-0.4, -0.2) is 24.6 Å². The smallest absolute Gasteiger partial charge is 0.138 e. The lowest BCUT2D eigenvalue weighted by Gasteiger charge is -2.31. The number of Topliss-reactive ketones (excluding diaryl/α,β-unsaturated/α-hetero) is 1. The first-order valence-corrected chi connectivity index (χ1v) is 6.32. The van der Waals surface area contributed by atoms with Crippen LogP contribution in [0.1, 0.15) is 38.4 Å². The molecular formula is C15H20O3. The van der Waals surface area contributed by atoms with Crippen molar-refractivity contribution in [2.75, 3.05) is 7.11 Å². The highest BCUT2D eigenvalue weighted by Crippen LogP contribution is 2.35. The predicted molar refractivity (Wildman–Crippen MR) is 69.4 cm³/mol. The molecule has 18 heavy (non-hydrogen) atoms. The van der Waals surface area contributed by atoms with Crippen molar-refractivity contribution in [2.24, 2.45) is 0 Å². The summed E-state index contributed by atoms with van der Waals surface area (Å²) >= 11 is 0. The van der Waals surface area contributed by atoms with Gasteiger partial charge in [-0.1, -0.05) is 30.3 Å². The van der Waals surface area contributed by atoms with Gasteiger partial charge in [0.1, 0.15) is 5.78 Å². The molecule has 1 aromatic carbocycles. The molecule has 0 spiro atoms. The van der Waals surface area contributed by atoms with Crippen molar-refractivity contribution in [3.63, 3.8) is 0 Å². The van der Waals surface area contributed by atoms with Gasteiger partial charge in [0.15, 0.2) is 0 Å². The first kappa shape index (κ1) is 13.2. The summed E-state index contributed by atoms with van der Waals surface area (Å²) in [6, 6.07) is 10.0. The number of carbonyl (C=O) groups is 1. The summed E-state index contributed by atoms with van der Waals surface area (Å²) in [4.78, 5) is 11.6. The monoisotopic (exact) mass is 248 g/mol. The van der Waals surface area contributed by atoms with E-state index in [0.717, 1.165) is 5.56 Å². The number of ketones is 1. The van der Waals surface area contributed by atoms with Crippen molar-refractivity contribution >= 4 is 5.78 Å². The van der Waals surface area contributed by atoms with E-state index < -0.39 is 5.60 Å². The van der Waals surface area contributed by atoms with Crippen LogP contribution in [0.4, 0.5) is 0 Å². The average molecular weight is 248 g/mol. The number of hydrogen-bond acceptors (Lipinski definition) is 3. The lowest BCUT2D eigenvalue weighted by Crippen LogP contribution is -2.38. The van der Waals surface area contributed by atoms with Crippen LogP contribution in [0.3, 0.4) is 0 Å². The van der Waals surface area contributed by atoms with E-state index in [-0.39, 0.29) is 18.0 Å². The van der Waals surface area contributed by atoms with Gasteiger partial charge in [0.25, 0.3) is 0 Å². The van der Waals surface area contributed by atoms with E-state index in [9.17, 15) is 4.79 Å². The fourth-order valence-corrected chi connectivity index (χ4v) is 2.44. The molecule has 3 nitrogen and oxygen atoms in total. The minimum atomic E-state index is -0.486. The summed E-state index contributed by atoms with van der Waals surface area (Å²) in [5.41, 5.74) is 0.635. The van der Waals surface area contributed by atoms with Crippen LogP contribution in [-0.2, 0) is 14.3 Å². The molecule has 0 amide bonds. The van der Waals surface area contributed by atoms with Gasteiger partial charge in [-0.05, 0) is 19.4 Å². The second kappa shape index (κ2) is 5.21. The second-order valence-electron chi connectivity index (χ2n) is 5.11. The minimum Gasteiger partial charge on any atom is -0.375 e. The molecule has 0 saturated heterocycles. The summed E-state index contributed by atoms with van der Waals surface area (Å²) in [5, 5.41) is 0. The average Bonchev–Trinajstić information content (AvgIpc) is 2.66. The molecule has 1 aromatic rings. The molecule has 0 bridgehead atoms. The van der Waals surface area contributed by atoms with Gasteiger partial charge in [-0.25, -0.2) is 0 Å². The number of methoxy groups -OCH3 is 1. The Hall–Kier alpha value is -1.19. The Labute approximate surface area is 108 Å². The van der Waals surface area contributed by atoms with Crippen molar-refractivity contribution < 1.29 is 14.3 Å². The Kier molecular flexibility index (Phi) is 3.83. The summed E-state index contributed by atoms with van der Waals surface area (Å²) in [6.45, 7) is 3.95. The van der Waals surface area contributed by atoms with Crippen LogP contribution < -0.4 is 0 Å². The minimum absolute atomic E-state index is 0.0309. The van der Waals surface area contributed by atoms with Crippen molar-refractivity contribution in [3.8, 4) is 0 Å². The third-order valence-electron chi connectivity index (χ3n) is 3.75. The van der Waals surface area contributed by atoms with Crippen LogP contribution in [0.15, 0.2) is 30.3 Å². The molecule has 3 heteroatoms. The Balaban J connectivity index is 2.07. The molecule has 1 aliphatic rings. The summed E-state index contributed by atoms with van der Waals surface area (Å²) in [6.07, 6.45) is 0.693. The molecule has 1 aliphatic carbocycles. The number of hydrogen-bond donors (Lipinski definition) is 0. The lowest BCUT2D eigenvalue weighted by molar-refractivity contribution is -0.124.